The van der Waals surface area contributed by atoms with Crippen molar-refractivity contribution in [1.82, 2.24) is 9.62 Å². The summed E-state index contributed by atoms with van der Waals surface area (Å²) < 4.78 is 7.89. The molecule has 0 saturated carbocycles. The number of allylic oxidation sites excluding steroid dienone is 1. The topological polar surface area (TPSA) is 27.6 Å². The van der Waals surface area contributed by atoms with Crippen LogP contribution in [0.1, 0.15) is 38.5 Å². The summed E-state index contributed by atoms with van der Waals surface area (Å²) in [4.78, 5) is 2.33. The highest BCUT2D eigenvalue weighted by Gasteiger charge is 2.37. The highest BCUT2D eigenvalue weighted by atomic mass is 32.2. The minimum Gasteiger partial charge on any atom is -0.302 e. The number of likely N-dealkylation sites (N-methyl/N-ethyl adjacent to an activating group) is 1. The molecule has 2 aliphatic heterocycles. The first-order chi connectivity index (χ1) is 10.3. The van der Waals surface area contributed by atoms with E-state index in [1.165, 1.54) is 49.1 Å². The summed E-state index contributed by atoms with van der Waals surface area (Å²) in [6.45, 7) is 5.99. The van der Waals surface area contributed by atoms with E-state index < -0.39 is 0 Å². The van der Waals surface area contributed by atoms with Crippen LogP contribution in [0.3, 0.4) is 0 Å². The highest BCUT2D eigenvalue weighted by Crippen LogP contribution is 2.37. The van der Waals surface area contributed by atoms with E-state index in [1.807, 2.05) is 17.8 Å². The highest BCUT2D eigenvalue weighted by molar-refractivity contribution is 8.04. The Labute approximate surface area is 138 Å². The average molecular weight is 326 g/mol. The normalized spacial score (nSPS) is 26.0. The molecular formula is C16H27N3S2. The van der Waals surface area contributed by atoms with Crippen molar-refractivity contribution in [2.75, 3.05) is 25.9 Å². The van der Waals surface area contributed by atoms with Gasteiger partial charge in [-0.25, -0.2) is 9.12 Å². The van der Waals surface area contributed by atoms with Crippen molar-refractivity contribution in [3.05, 3.63) is 24.3 Å². The summed E-state index contributed by atoms with van der Waals surface area (Å²) >= 11 is 3.49. The number of hydrogen-bond acceptors (Lipinski definition) is 5. The molecule has 0 aliphatic carbocycles. The van der Waals surface area contributed by atoms with E-state index in [0.29, 0.717) is 0 Å². The standard InChI is InChI=1S/C16H27N3S2/c1-3-4-5-6-7-8-12-20-16(14-17-21-18-16)15-10-9-11-19(2)13-15/h3,10,14,18H,1,4-9,11-13H2,2H3. The zero-order valence-corrected chi connectivity index (χ0v) is 14.6. The van der Waals surface area contributed by atoms with Crippen LogP contribution in [0.5, 0.6) is 0 Å². The molecular weight excluding hydrogens is 298 g/mol. The second kappa shape index (κ2) is 9.03. The minimum atomic E-state index is -0.0690. The van der Waals surface area contributed by atoms with Crippen molar-refractivity contribution in [3.63, 3.8) is 0 Å². The molecule has 1 unspecified atom stereocenters. The summed E-state index contributed by atoms with van der Waals surface area (Å²) in [7, 11) is 2.20. The van der Waals surface area contributed by atoms with Gasteiger partial charge in [0.05, 0.1) is 12.1 Å². The lowest BCUT2D eigenvalue weighted by Crippen LogP contribution is -2.44. The lowest BCUT2D eigenvalue weighted by Gasteiger charge is -2.34. The molecule has 1 atom stereocenters. The minimum absolute atomic E-state index is 0.0690. The van der Waals surface area contributed by atoms with Crippen LogP contribution in [0.25, 0.3) is 0 Å². The van der Waals surface area contributed by atoms with Gasteiger partial charge in [-0.05, 0) is 44.1 Å². The molecule has 21 heavy (non-hydrogen) atoms. The summed E-state index contributed by atoms with van der Waals surface area (Å²) in [6, 6.07) is 0. The molecule has 2 rings (SSSR count). The predicted molar refractivity (Wildman–Crippen MR) is 97.9 cm³/mol. The second-order valence-corrected chi connectivity index (χ2v) is 7.70. The molecule has 0 bridgehead atoms. The van der Waals surface area contributed by atoms with Crippen LogP contribution in [0.4, 0.5) is 0 Å². The molecule has 0 radical (unpaired) electrons. The van der Waals surface area contributed by atoms with Crippen LogP contribution in [-0.4, -0.2) is 41.9 Å². The summed E-state index contributed by atoms with van der Waals surface area (Å²) in [5.74, 6) is 1.19. The Morgan fingerprint density at radius 3 is 3.05 bits per heavy atom. The quantitative estimate of drug-likeness (QED) is 0.393. The molecule has 2 heterocycles. The first kappa shape index (κ1) is 17.1. The van der Waals surface area contributed by atoms with E-state index in [1.54, 1.807) is 0 Å². The van der Waals surface area contributed by atoms with Crippen molar-refractivity contribution < 1.29 is 0 Å². The Balaban J connectivity index is 1.78. The third-order valence-electron chi connectivity index (χ3n) is 3.94. The fourth-order valence-corrected chi connectivity index (χ4v) is 4.80. The van der Waals surface area contributed by atoms with Crippen LogP contribution >= 0.6 is 23.9 Å². The average Bonchev–Trinajstić information content (AvgIpc) is 2.96. The van der Waals surface area contributed by atoms with Crippen LogP contribution in [-0.2, 0) is 0 Å². The third kappa shape index (κ3) is 5.16. The van der Waals surface area contributed by atoms with Gasteiger partial charge in [0.1, 0.15) is 4.87 Å². The van der Waals surface area contributed by atoms with E-state index in [4.69, 9.17) is 0 Å². The van der Waals surface area contributed by atoms with E-state index in [-0.39, 0.29) is 4.87 Å². The van der Waals surface area contributed by atoms with Crippen molar-refractivity contribution in [1.29, 1.82) is 0 Å². The van der Waals surface area contributed by atoms with E-state index in [9.17, 15) is 0 Å². The number of thioether (sulfide) groups is 1. The Bertz CT molecular complexity index is 395. The van der Waals surface area contributed by atoms with Gasteiger partial charge in [-0.15, -0.1) is 18.3 Å². The summed E-state index contributed by atoms with van der Waals surface area (Å²) in [5, 5.41) is 0. The number of unbranched alkanes of at least 4 members (excludes halogenated alkanes) is 4. The molecule has 118 valence electrons. The maximum atomic E-state index is 4.37. The Morgan fingerprint density at radius 2 is 2.33 bits per heavy atom. The maximum absolute atomic E-state index is 4.37. The molecule has 2 aliphatic rings. The number of nitrogens with zero attached hydrogens (tertiary/aromatic N) is 2. The van der Waals surface area contributed by atoms with E-state index >= 15 is 0 Å². The molecule has 0 aromatic carbocycles. The zero-order chi connectivity index (χ0) is 15.0. The Kier molecular flexibility index (Phi) is 7.37. The maximum Gasteiger partial charge on any atom is 0.134 e. The smallest absolute Gasteiger partial charge is 0.134 e. The van der Waals surface area contributed by atoms with Gasteiger partial charge in [0.25, 0.3) is 0 Å². The third-order valence-corrected chi connectivity index (χ3v) is 6.11. The fourth-order valence-electron chi connectivity index (χ4n) is 2.67. The van der Waals surface area contributed by atoms with Gasteiger partial charge in [0, 0.05) is 19.3 Å². The van der Waals surface area contributed by atoms with Gasteiger partial charge in [-0.1, -0.05) is 25.0 Å². The first-order valence-corrected chi connectivity index (χ1v) is 9.63. The number of rotatable bonds is 9. The second-order valence-electron chi connectivity index (χ2n) is 5.76. The Hall–Kier alpha value is -0.230. The van der Waals surface area contributed by atoms with Crippen LogP contribution in [0.2, 0.25) is 0 Å². The SMILES string of the molecule is C=CCCCCCCSC1(C2=CCCN(C)C2)C=NSN1. The van der Waals surface area contributed by atoms with Gasteiger partial charge in [0.2, 0.25) is 0 Å². The zero-order valence-electron chi connectivity index (χ0n) is 13.0. The lowest BCUT2D eigenvalue weighted by molar-refractivity contribution is 0.348. The van der Waals surface area contributed by atoms with Gasteiger partial charge < -0.3 is 4.90 Å². The van der Waals surface area contributed by atoms with E-state index in [2.05, 4.69) is 39.9 Å². The van der Waals surface area contributed by atoms with Crippen molar-refractivity contribution in [2.24, 2.45) is 4.40 Å². The van der Waals surface area contributed by atoms with Crippen LogP contribution in [0, 0.1) is 0 Å². The predicted octanol–water partition coefficient (Wildman–Crippen LogP) is 4.05. The molecule has 0 spiro atoms. The van der Waals surface area contributed by atoms with Crippen LogP contribution < -0.4 is 4.72 Å². The fraction of sp³-hybridized carbons (Fsp3) is 0.688. The number of hydrogen-bond donors (Lipinski definition) is 1. The van der Waals surface area contributed by atoms with Crippen LogP contribution in [0.15, 0.2) is 28.7 Å². The molecule has 0 aromatic heterocycles. The molecule has 0 aromatic rings. The Morgan fingerprint density at radius 1 is 1.48 bits per heavy atom. The monoisotopic (exact) mass is 325 g/mol. The van der Waals surface area contributed by atoms with Crippen molar-refractivity contribution in [2.45, 2.75) is 43.4 Å². The lowest BCUT2D eigenvalue weighted by atomic mass is 10.0. The molecule has 3 nitrogen and oxygen atoms in total. The largest absolute Gasteiger partial charge is 0.302 e. The molecule has 0 amide bonds. The van der Waals surface area contributed by atoms with Gasteiger partial charge >= 0.3 is 0 Å². The molecule has 0 saturated heterocycles. The van der Waals surface area contributed by atoms with Crippen molar-refractivity contribution in [3.8, 4) is 0 Å². The molecule has 5 heteroatoms. The molecule has 0 fully saturated rings. The summed E-state index contributed by atoms with van der Waals surface area (Å²) in [5.41, 5.74) is 1.47. The van der Waals surface area contributed by atoms with Crippen molar-refractivity contribution >= 4 is 30.1 Å². The van der Waals surface area contributed by atoms with Gasteiger partial charge in [-0.2, -0.15) is 0 Å². The number of nitrogens with one attached hydrogen (secondary N) is 1. The van der Waals surface area contributed by atoms with E-state index in [0.717, 1.165) is 25.9 Å². The molecule has 1 N–H and O–H groups in total. The summed E-state index contributed by atoms with van der Waals surface area (Å²) in [6.07, 6.45) is 14.0. The van der Waals surface area contributed by atoms with Gasteiger partial charge in [-0.3, -0.25) is 0 Å². The first-order valence-electron chi connectivity index (χ1n) is 7.87. The van der Waals surface area contributed by atoms with Gasteiger partial charge in [0.15, 0.2) is 0 Å².